The highest BCUT2D eigenvalue weighted by molar-refractivity contribution is 5.80. The Kier molecular flexibility index (Phi) is 5.90. The van der Waals surface area contributed by atoms with Crippen molar-refractivity contribution in [2.75, 3.05) is 0 Å². The largest absolute Gasteiger partial charge is 0.237 e. The van der Waals surface area contributed by atoms with Crippen LogP contribution in [0.25, 0.3) is 23.2 Å². The summed E-state index contributed by atoms with van der Waals surface area (Å²) in [6, 6.07) is 26.5. The second kappa shape index (κ2) is 9.30. The fraction of sp³-hybridized carbons (Fsp3) is 0.0370. The number of rotatable bonds is 4. The van der Waals surface area contributed by atoms with Gasteiger partial charge in [0.25, 0.3) is 0 Å². The SMILES string of the molecule is C(#CC(/C=C/c1ccccc1)c1ccnc2ncccc12)/C=C/c1ccccc1. The molecule has 2 aromatic carbocycles. The molecule has 4 aromatic rings. The average molecular weight is 372 g/mol. The van der Waals surface area contributed by atoms with Crippen molar-refractivity contribution in [3.63, 3.8) is 0 Å². The second-order valence-electron chi connectivity index (χ2n) is 6.55. The van der Waals surface area contributed by atoms with Gasteiger partial charge in [0.2, 0.25) is 0 Å². The van der Waals surface area contributed by atoms with Crippen LogP contribution in [-0.2, 0) is 0 Å². The van der Waals surface area contributed by atoms with Gasteiger partial charge in [-0.1, -0.05) is 84.7 Å². The van der Waals surface area contributed by atoms with Gasteiger partial charge in [-0.05, 0) is 47.0 Å². The molecule has 4 rings (SSSR count). The highest BCUT2D eigenvalue weighted by Gasteiger charge is 2.10. The van der Waals surface area contributed by atoms with E-state index in [1.54, 1.807) is 12.4 Å². The zero-order valence-corrected chi connectivity index (χ0v) is 15.9. The van der Waals surface area contributed by atoms with Crippen LogP contribution in [0.15, 0.2) is 103 Å². The van der Waals surface area contributed by atoms with E-state index >= 15 is 0 Å². The van der Waals surface area contributed by atoms with Gasteiger partial charge in [-0.3, -0.25) is 0 Å². The van der Waals surface area contributed by atoms with Crippen LogP contribution < -0.4 is 0 Å². The molecule has 138 valence electrons. The molecule has 2 aromatic heterocycles. The van der Waals surface area contributed by atoms with Crippen molar-refractivity contribution in [2.45, 2.75) is 5.92 Å². The van der Waals surface area contributed by atoms with Gasteiger partial charge in [-0.25, -0.2) is 9.97 Å². The summed E-state index contributed by atoms with van der Waals surface area (Å²) in [6.45, 7) is 0. The molecule has 2 nitrogen and oxygen atoms in total. The molecule has 0 spiro atoms. The number of aromatic nitrogens is 2. The normalized spacial score (nSPS) is 12.1. The molecule has 1 atom stereocenters. The predicted octanol–water partition coefficient (Wildman–Crippen LogP) is 6.14. The van der Waals surface area contributed by atoms with Crippen LogP contribution >= 0.6 is 0 Å². The third-order valence-corrected chi connectivity index (χ3v) is 4.56. The third-order valence-electron chi connectivity index (χ3n) is 4.56. The Hall–Kier alpha value is -3.96. The van der Waals surface area contributed by atoms with E-state index in [1.807, 2.05) is 60.7 Å². The van der Waals surface area contributed by atoms with Gasteiger partial charge in [-0.15, -0.1) is 0 Å². The van der Waals surface area contributed by atoms with Crippen molar-refractivity contribution >= 4 is 23.2 Å². The van der Waals surface area contributed by atoms with E-state index in [1.165, 1.54) is 0 Å². The lowest BCUT2D eigenvalue weighted by Gasteiger charge is -2.09. The molecule has 2 heteroatoms. The molecular formula is C27H20N2. The minimum atomic E-state index is -0.0645. The number of allylic oxidation sites excluding steroid dienone is 2. The van der Waals surface area contributed by atoms with Gasteiger partial charge in [-0.2, -0.15) is 0 Å². The standard InChI is InChI=1S/C27H20N2/c1-3-10-22(11-4-1)14-7-8-15-24(18-17-23-12-5-2-6-13-23)25-19-21-29-27-26(25)16-9-20-28-27/h1-7,9-14,16-21,24H/b14-7+,18-17+. The van der Waals surface area contributed by atoms with Crippen LogP contribution in [0.4, 0.5) is 0 Å². The summed E-state index contributed by atoms with van der Waals surface area (Å²) in [4.78, 5) is 8.76. The van der Waals surface area contributed by atoms with E-state index in [4.69, 9.17) is 0 Å². The highest BCUT2D eigenvalue weighted by atomic mass is 14.8. The molecule has 0 amide bonds. The first-order valence-electron chi connectivity index (χ1n) is 9.56. The van der Waals surface area contributed by atoms with Crippen LogP contribution in [0.5, 0.6) is 0 Å². The number of fused-ring (bicyclic) bond motifs is 1. The van der Waals surface area contributed by atoms with Gasteiger partial charge in [0, 0.05) is 17.8 Å². The predicted molar refractivity (Wildman–Crippen MR) is 121 cm³/mol. The van der Waals surface area contributed by atoms with Gasteiger partial charge < -0.3 is 0 Å². The van der Waals surface area contributed by atoms with Crippen molar-refractivity contribution in [1.82, 2.24) is 9.97 Å². The molecule has 0 saturated carbocycles. The first-order chi connectivity index (χ1) is 14.4. The molecule has 0 aliphatic carbocycles. The lowest BCUT2D eigenvalue weighted by molar-refractivity contribution is 1.13. The number of nitrogens with zero attached hydrogens (tertiary/aromatic N) is 2. The first kappa shape index (κ1) is 18.4. The monoisotopic (exact) mass is 372 g/mol. The van der Waals surface area contributed by atoms with Crippen molar-refractivity contribution in [3.8, 4) is 11.8 Å². The summed E-state index contributed by atoms with van der Waals surface area (Å²) in [5.74, 6) is 6.54. The van der Waals surface area contributed by atoms with E-state index < -0.39 is 0 Å². The molecule has 0 N–H and O–H groups in total. The van der Waals surface area contributed by atoms with Gasteiger partial charge in [0.05, 0.1) is 5.92 Å². The smallest absolute Gasteiger partial charge is 0.159 e. The Balaban J connectivity index is 1.69. The zero-order chi connectivity index (χ0) is 19.7. The number of hydrogen-bond acceptors (Lipinski definition) is 2. The Morgan fingerprint density at radius 3 is 2.14 bits per heavy atom. The lowest BCUT2D eigenvalue weighted by atomic mass is 9.96. The van der Waals surface area contributed by atoms with E-state index in [0.717, 1.165) is 27.7 Å². The van der Waals surface area contributed by atoms with E-state index in [0.29, 0.717) is 0 Å². The third kappa shape index (κ3) is 4.86. The maximum atomic E-state index is 4.38. The lowest BCUT2D eigenvalue weighted by Crippen LogP contribution is -1.96. The van der Waals surface area contributed by atoms with Crippen LogP contribution in [0.3, 0.4) is 0 Å². The quantitative estimate of drug-likeness (QED) is 0.402. The Bertz CT molecular complexity index is 1190. The van der Waals surface area contributed by atoms with Crippen LogP contribution in [0, 0.1) is 11.8 Å². The summed E-state index contributed by atoms with van der Waals surface area (Å²) in [7, 11) is 0. The Morgan fingerprint density at radius 2 is 1.38 bits per heavy atom. The van der Waals surface area contributed by atoms with Crippen LogP contribution in [-0.4, -0.2) is 9.97 Å². The minimum Gasteiger partial charge on any atom is -0.237 e. The van der Waals surface area contributed by atoms with Crippen LogP contribution in [0.2, 0.25) is 0 Å². The number of hydrogen-bond donors (Lipinski definition) is 0. The molecule has 0 saturated heterocycles. The summed E-state index contributed by atoms with van der Waals surface area (Å²) < 4.78 is 0. The fourth-order valence-corrected chi connectivity index (χ4v) is 3.12. The Morgan fingerprint density at radius 1 is 0.690 bits per heavy atom. The van der Waals surface area contributed by atoms with Crippen molar-refractivity contribution in [1.29, 1.82) is 0 Å². The van der Waals surface area contributed by atoms with Gasteiger partial charge in [0.15, 0.2) is 5.65 Å². The molecule has 0 bridgehead atoms. The minimum absolute atomic E-state index is 0.0645. The molecule has 0 fully saturated rings. The van der Waals surface area contributed by atoms with E-state index in [9.17, 15) is 0 Å². The highest BCUT2D eigenvalue weighted by Crippen LogP contribution is 2.25. The summed E-state index contributed by atoms with van der Waals surface area (Å²) in [5.41, 5.74) is 4.13. The second-order valence-corrected chi connectivity index (χ2v) is 6.55. The molecule has 1 unspecified atom stereocenters. The molecule has 2 heterocycles. The van der Waals surface area contributed by atoms with Crippen molar-refractivity contribution < 1.29 is 0 Å². The Labute approximate surface area is 171 Å². The number of benzene rings is 2. The van der Waals surface area contributed by atoms with Crippen molar-refractivity contribution in [2.24, 2.45) is 0 Å². The molecule has 0 aliphatic heterocycles. The number of pyridine rings is 2. The molecular weight excluding hydrogens is 352 g/mol. The zero-order valence-electron chi connectivity index (χ0n) is 15.9. The van der Waals surface area contributed by atoms with Crippen LogP contribution in [0.1, 0.15) is 22.6 Å². The summed E-state index contributed by atoms with van der Waals surface area (Å²) in [6.07, 6.45) is 11.7. The van der Waals surface area contributed by atoms with E-state index in [-0.39, 0.29) is 5.92 Å². The first-order valence-corrected chi connectivity index (χ1v) is 9.56. The van der Waals surface area contributed by atoms with Gasteiger partial charge in [0.1, 0.15) is 0 Å². The van der Waals surface area contributed by atoms with Gasteiger partial charge >= 0.3 is 0 Å². The maximum Gasteiger partial charge on any atom is 0.159 e. The molecule has 29 heavy (non-hydrogen) atoms. The topological polar surface area (TPSA) is 25.8 Å². The van der Waals surface area contributed by atoms with E-state index in [2.05, 4.69) is 64.3 Å². The summed E-state index contributed by atoms with van der Waals surface area (Å²) in [5, 5.41) is 1.03. The maximum absolute atomic E-state index is 4.38. The summed E-state index contributed by atoms with van der Waals surface area (Å²) >= 11 is 0. The molecule has 0 radical (unpaired) electrons. The van der Waals surface area contributed by atoms with Crippen molar-refractivity contribution in [3.05, 3.63) is 120 Å². The average Bonchev–Trinajstić information content (AvgIpc) is 2.80. The fourth-order valence-electron chi connectivity index (χ4n) is 3.12. The molecule has 0 aliphatic rings.